The Morgan fingerprint density at radius 1 is 0.500 bits per heavy atom. The molecular weight excluding hydrogens is 840 g/mol. The molecule has 0 aromatic carbocycles. The van der Waals surface area contributed by atoms with E-state index >= 15 is 0 Å². The summed E-state index contributed by atoms with van der Waals surface area (Å²) >= 11 is 17.3. The van der Waals surface area contributed by atoms with Gasteiger partial charge in [-0.3, -0.25) is 0 Å². The van der Waals surface area contributed by atoms with Crippen LogP contribution in [0.3, 0.4) is 0 Å². The zero-order chi connectivity index (χ0) is 34.7. The highest BCUT2D eigenvalue weighted by Crippen LogP contribution is 2.42. The molecule has 50 heavy (non-hydrogen) atoms. The van der Waals surface area contributed by atoms with E-state index in [0.717, 1.165) is 13.7 Å². The standard InChI is InChI=1S/C18H19BO2S3.C15H9NS4.C3H2BrNS/c1-17(2)18(3,4)21-19(20-17)16-10-9-15(24-16)14-8-7-13(23-14)12-6-5-11-22-12;1-2-10(17-8-1)11-3-4-12(19-11)13-5-6-14(20-13)15-16-7-9-18-15;4-3-5-1-2-6-3/h5-11H,1-4H3;1-9H;1-2H. The van der Waals surface area contributed by atoms with Crippen molar-refractivity contribution in [3.8, 4) is 48.9 Å². The van der Waals surface area contributed by atoms with Gasteiger partial charge in [-0.2, -0.15) is 0 Å². The average molecular weight is 870 g/mol. The molecule has 254 valence electrons. The van der Waals surface area contributed by atoms with Gasteiger partial charge in [-0.15, -0.1) is 90.7 Å². The van der Waals surface area contributed by atoms with Crippen LogP contribution in [0.25, 0.3) is 48.9 Å². The highest BCUT2D eigenvalue weighted by atomic mass is 79.9. The van der Waals surface area contributed by atoms with E-state index in [1.165, 1.54) is 43.9 Å². The van der Waals surface area contributed by atoms with Crippen LogP contribution in [0.4, 0.5) is 0 Å². The molecule has 0 atom stereocenters. The maximum atomic E-state index is 6.16. The number of nitrogens with zero attached hydrogens (tertiary/aromatic N) is 2. The SMILES string of the molecule is Brc1nccs1.CC1(C)OB(c2ccc(-c3ccc(-c4cccs4)s3)s2)OC1(C)C.c1csc(-c2ccc(-c3ccc(-c4nccs4)s3)s2)c1. The highest BCUT2D eigenvalue weighted by molar-refractivity contribution is 9.11. The first kappa shape index (κ1) is 36.3. The molecule has 0 radical (unpaired) electrons. The molecular formula is C36H30BBrN2O2S8. The molecule has 1 aliphatic heterocycles. The third kappa shape index (κ3) is 8.42. The number of halogens is 1. The molecule has 0 bridgehead atoms. The van der Waals surface area contributed by atoms with Crippen LogP contribution >= 0.6 is 107 Å². The molecule has 1 aliphatic rings. The third-order valence-corrected chi connectivity index (χ3v) is 17.1. The monoisotopic (exact) mass is 868 g/mol. The van der Waals surface area contributed by atoms with Gasteiger partial charge in [-0.05, 0) is 109 Å². The topological polar surface area (TPSA) is 44.2 Å². The lowest BCUT2D eigenvalue weighted by molar-refractivity contribution is 0.00578. The molecule has 4 nitrogen and oxygen atoms in total. The first-order valence-corrected chi connectivity index (χ1v) is 23.0. The second-order valence-corrected chi connectivity index (χ2v) is 21.2. The third-order valence-electron chi connectivity index (χ3n) is 7.99. The fourth-order valence-electron chi connectivity index (χ4n) is 4.75. The van der Waals surface area contributed by atoms with Crippen LogP contribution in [-0.4, -0.2) is 28.3 Å². The number of thiophene rings is 6. The van der Waals surface area contributed by atoms with E-state index in [1.807, 2.05) is 51.0 Å². The van der Waals surface area contributed by atoms with Gasteiger partial charge in [0.1, 0.15) is 5.01 Å². The van der Waals surface area contributed by atoms with E-state index in [-0.39, 0.29) is 18.3 Å². The normalized spacial score (nSPS) is 14.6. The fraction of sp³-hybridized carbons (Fsp3) is 0.167. The van der Waals surface area contributed by atoms with Crippen LogP contribution in [0.2, 0.25) is 0 Å². The Morgan fingerprint density at radius 3 is 1.40 bits per heavy atom. The summed E-state index contributed by atoms with van der Waals surface area (Å²) in [7, 11) is -0.273. The summed E-state index contributed by atoms with van der Waals surface area (Å²) in [5, 5.41) is 9.30. The summed E-state index contributed by atoms with van der Waals surface area (Å²) in [5.74, 6) is 0. The minimum absolute atomic E-state index is 0.273. The molecule has 0 N–H and O–H groups in total. The largest absolute Gasteiger partial charge is 0.505 e. The molecule has 0 saturated carbocycles. The maximum Gasteiger partial charge on any atom is 0.505 e. The smallest absolute Gasteiger partial charge is 0.399 e. The number of rotatable bonds is 6. The molecule has 0 unspecified atom stereocenters. The number of thiazole rings is 2. The Bertz CT molecular complexity index is 2120. The van der Waals surface area contributed by atoms with E-state index in [4.69, 9.17) is 9.31 Å². The summed E-state index contributed by atoms with van der Waals surface area (Å²) in [6, 6.07) is 26.1. The van der Waals surface area contributed by atoms with Crippen molar-refractivity contribution in [3.05, 3.63) is 111 Å². The van der Waals surface area contributed by atoms with Crippen LogP contribution in [0.5, 0.6) is 0 Å². The Kier molecular flexibility index (Phi) is 11.5. The van der Waals surface area contributed by atoms with Gasteiger partial charge in [-0.1, -0.05) is 18.2 Å². The Balaban J connectivity index is 0.000000136. The van der Waals surface area contributed by atoms with Crippen molar-refractivity contribution in [2.24, 2.45) is 0 Å². The molecule has 1 saturated heterocycles. The zero-order valence-electron chi connectivity index (χ0n) is 27.3. The molecule has 0 spiro atoms. The van der Waals surface area contributed by atoms with Gasteiger partial charge in [-0.25, -0.2) is 9.97 Å². The van der Waals surface area contributed by atoms with Crippen molar-refractivity contribution in [1.82, 2.24) is 9.97 Å². The van der Waals surface area contributed by atoms with E-state index in [1.54, 1.807) is 62.9 Å². The van der Waals surface area contributed by atoms with Crippen molar-refractivity contribution in [1.29, 1.82) is 0 Å². The summed E-state index contributed by atoms with van der Waals surface area (Å²) in [6.45, 7) is 8.37. The summed E-state index contributed by atoms with van der Waals surface area (Å²) in [4.78, 5) is 20.0. The molecule has 0 amide bonds. The van der Waals surface area contributed by atoms with E-state index in [0.29, 0.717) is 0 Å². The van der Waals surface area contributed by atoms with Crippen LogP contribution in [-0.2, 0) is 9.31 Å². The molecule has 0 aliphatic carbocycles. The van der Waals surface area contributed by atoms with Gasteiger partial charge in [0.25, 0.3) is 0 Å². The Labute approximate surface area is 333 Å². The van der Waals surface area contributed by atoms with Crippen molar-refractivity contribution in [2.45, 2.75) is 38.9 Å². The Hall–Kier alpha value is -2.08. The van der Waals surface area contributed by atoms with Crippen LogP contribution in [0.15, 0.2) is 111 Å². The van der Waals surface area contributed by atoms with Gasteiger partial charge >= 0.3 is 7.12 Å². The first-order chi connectivity index (χ1) is 24.1. The van der Waals surface area contributed by atoms with Crippen LogP contribution in [0.1, 0.15) is 27.7 Å². The fourth-order valence-corrected chi connectivity index (χ4v) is 12.1. The zero-order valence-corrected chi connectivity index (χ0v) is 35.4. The molecule has 9 rings (SSSR count). The lowest BCUT2D eigenvalue weighted by Crippen LogP contribution is -2.41. The maximum absolute atomic E-state index is 6.16. The summed E-state index contributed by atoms with van der Waals surface area (Å²) in [6.07, 6.45) is 3.62. The van der Waals surface area contributed by atoms with Crippen molar-refractivity contribution < 1.29 is 9.31 Å². The highest BCUT2D eigenvalue weighted by Gasteiger charge is 2.52. The average Bonchev–Trinajstić information content (AvgIpc) is 3.95. The quantitative estimate of drug-likeness (QED) is 0.156. The van der Waals surface area contributed by atoms with Crippen LogP contribution < -0.4 is 4.78 Å². The van der Waals surface area contributed by atoms with Crippen LogP contribution in [0, 0.1) is 0 Å². The van der Waals surface area contributed by atoms with Gasteiger partial charge in [0, 0.05) is 66.9 Å². The second-order valence-electron chi connectivity index (χ2n) is 11.9. The molecule has 8 aromatic rings. The summed E-state index contributed by atoms with van der Waals surface area (Å²) < 4.78 is 14.4. The molecule has 14 heteroatoms. The van der Waals surface area contributed by atoms with Crippen molar-refractivity contribution in [3.63, 3.8) is 0 Å². The minimum atomic E-state index is -0.295. The van der Waals surface area contributed by atoms with Gasteiger partial charge < -0.3 is 9.31 Å². The van der Waals surface area contributed by atoms with Crippen molar-refractivity contribution in [2.75, 3.05) is 0 Å². The molecule has 1 fully saturated rings. The summed E-state index contributed by atoms with van der Waals surface area (Å²) in [5.41, 5.74) is -0.589. The lowest BCUT2D eigenvalue weighted by Gasteiger charge is -2.32. The number of hydrogen-bond acceptors (Lipinski definition) is 12. The first-order valence-electron chi connectivity index (χ1n) is 15.4. The second kappa shape index (κ2) is 15.9. The lowest BCUT2D eigenvalue weighted by atomic mass is 9.88. The predicted octanol–water partition coefficient (Wildman–Crippen LogP) is 13.7. The minimum Gasteiger partial charge on any atom is -0.399 e. The van der Waals surface area contributed by atoms with E-state index < -0.39 is 0 Å². The van der Waals surface area contributed by atoms with E-state index in [2.05, 4.69) is 137 Å². The number of aromatic nitrogens is 2. The van der Waals surface area contributed by atoms with Gasteiger partial charge in [0.2, 0.25) is 0 Å². The van der Waals surface area contributed by atoms with Gasteiger partial charge in [0.15, 0.2) is 3.92 Å². The van der Waals surface area contributed by atoms with E-state index in [9.17, 15) is 0 Å². The Morgan fingerprint density at radius 2 is 0.960 bits per heavy atom. The predicted molar refractivity (Wildman–Crippen MR) is 229 cm³/mol. The van der Waals surface area contributed by atoms with Crippen molar-refractivity contribution >= 4 is 119 Å². The molecule has 8 aromatic heterocycles. The van der Waals surface area contributed by atoms with Gasteiger partial charge in [0.05, 0.1) is 16.1 Å². The molecule has 9 heterocycles. The number of hydrogen-bond donors (Lipinski definition) is 0.